The largest absolute Gasteiger partial charge is 0.341 e. The van der Waals surface area contributed by atoms with Crippen molar-refractivity contribution in [2.24, 2.45) is 5.73 Å². The molecule has 144 valence electrons. The van der Waals surface area contributed by atoms with Crippen LogP contribution in [0.25, 0.3) is 11.3 Å². The molecule has 1 fully saturated rings. The highest BCUT2D eigenvalue weighted by atomic mass is 15.3. The van der Waals surface area contributed by atoms with E-state index in [0.29, 0.717) is 6.04 Å². The van der Waals surface area contributed by atoms with Crippen LogP contribution in [0.3, 0.4) is 0 Å². The Kier molecular flexibility index (Phi) is 4.50. The van der Waals surface area contributed by atoms with Crippen LogP contribution < -0.4 is 10.6 Å². The molecule has 1 aliphatic carbocycles. The van der Waals surface area contributed by atoms with E-state index in [-0.39, 0.29) is 10.8 Å². The Morgan fingerprint density at radius 1 is 0.963 bits per heavy atom. The van der Waals surface area contributed by atoms with E-state index in [1.54, 1.807) is 0 Å². The Bertz CT molecular complexity index is 832. The first-order chi connectivity index (χ1) is 12.8. The van der Waals surface area contributed by atoms with E-state index >= 15 is 0 Å². The molecular formula is C23H32N4. The molecule has 0 unspecified atom stereocenters. The second-order valence-corrected chi connectivity index (χ2v) is 9.59. The number of hydrogen-bond acceptors (Lipinski definition) is 4. The van der Waals surface area contributed by atoms with E-state index in [9.17, 15) is 0 Å². The van der Waals surface area contributed by atoms with Crippen molar-refractivity contribution in [1.82, 2.24) is 9.97 Å². The molecule has 0 atom stereocenters. The lowest BCUT2D eigenvalue weighted by Gasteiger charge is -2.42. The van der Waals surface area contributed by atoms with Gasteiger partial charge in [-0.1, -0.05) is 39.8 Å². The molecule has 1 aromatic heterocycles. The first kappa shape index (κ1) is 18.4. The van der Waals surface area contributed by atoms with Gasteiger partial charge < -0.3 is 10.6 Å². The van der Waals surface area contributed by atoms with Crippen LogP contribution in [0.1, 0.15) is 64.5 Å². The highest BCUT2D eigenvalue weighted by molar-refractivity contribution is 5.64. The minimum Gasteiger partial charge on any atom is -0.341 e. The summed E-state index contributed by atoms with van der Waals surface area (Å²) in [5.41, 5.74) is 11.7. The topological polar surface area (TPSA) is 55.0 Å². The highest BCUT2D eigenvalue weighted by Crippen LogP contribution is 2.46. The van der Waals surface area contributed by atoms with Crippen LogP contribution in [0.15, 0.2) is 30.5 Å². The first-order valence-corrected chi connectivity index (χ1v) is 10.3. The molecule has 2 N–H and O–H groups in total. The lowest BCUT2D eigenvalue weighted by atomic mass is 9.63. The lowest BCUT2D eigenvalue weighted by Crippen LogP contribution is -2.40. The van der Waals surface area contributed by atoms with Gasteiger partial charge in [0, 0.05) is 30.9 Å². The van der Waals surface area contributed by atoms with E-state index < -0.39 is 0 Å². The number of rotatable bonds is 2. The summed E-state index contributed by atoms with van der Waals surface area (Å²) in [6.45, 7) is 11.3. The van der Waals surface area contributed by atoms with Gasteiger partial charge in [-0.15, -0.1) is 0 Å². The van der Waals surface area contributed by atoms with Gasteiger partial charge in [-0.05, 0) is 59.8 Å². The zero-order valence-electron chi connectivity index (χ0n) is 17.1. The molecule has 2 aliphatic rings. The molecule has 1 saturated heterocycles. The van der Waals surface area contributed by atoms with Crippen molar-refractivity contribution in [2.45, 2.75) is 70.3 Å². The Morgan fingerprint density at radius 3 is 2.33 bits per heavy atom. The maximum absolute atomic E-state index is 6.04. The molecule has 1 aliphatic heterocycles. The van der Waals surface area contributed by atoms with Gasteiger partial charge in [0.05, 0.1) is 5.69 Å². The minimum atomic E-state index is 0.208. The lowest BCUT2D eigenvalue weighted by molar-refractivity contribution is 0.332. The summed E-state index contributed by atoms with van der Waals surface area (Å²) < 4.78 is 0. The van der Waals surface area contributed by atoms with E-state index in [1.807, 2.05) is 12.3 Å². The molecule has 4 nitrogen and oxygen atoms in total. The predicted molar refractivity (Wildman–Crippen MR) is 112 cm³/mol. The zero-order valence-corrected chi connectivity index (χ0v) is 17.1. The summed E-state index contributed by atoms with van der Waals surface area (Å²) in [5.74, 6) is 0.830. The fraction of sp³-hybridized carbons (Fsp3) is 0.565. The molecule has 4 rings (SSSR count). The van der Waals surface area contributed by atoms with Crippen LogP contribution in [0.2, 0.25) is 0 Å². The fourth-order valence-electron chi connectivity index (χ4n) is 4.51. The van der Waals surface area contributed by atoms with Gasteiger partial charge in [0.2, 0.25) is 5.95 Å². The second-order valence-electron chi connectivity index (χ2n) is 9.59. The van der Waals surface area contributed by atoms with E-state index in [1.165, 1.54) is 29.5 Å². The standard InChI is InChI=1S/C23H32N4/c1-22(2)10-11-23(3,4)19-15-16(5-6-18(19)22)20-7-12-25-21(26-20)27-13-8-17(24)9-14-27/h5-7,12,15,17H,8-11,13-14,24H2,1-4H3. The average molecular weight is 365 g/mol. The Balaban J connectivity index is 1.70. The van der Waals surface area contributed by atoms with Crippen LogP contribution in [0.4, 0.5) is 5.95 Å². The molecule has 0 amide bonds. The van der Waals surface area contributed by atoms with Gasteiger partial charge in [0.15, 0.2) is 0 Å². The molecule has 1 aromatic carbocycles. The number of fused-ring (bicyclic) bond motifs is 1. The number of nitrogens with zero attached hydrogens (tertiary/aromatic N) is 3. The Morgan fingerprint density at radius 2 is 1.63 bits per heavy atom. The molecule has 27 heavy (non-hydrogen) atoms. The predicted octanol–water partition coefficient (Wildman–Crippen LogP) is 4.42. The van der Waals surface area contributed by atoms with Crippen molar-refractivity contribution < 1.29 is 0 Å². The van der Waals surface area contributed by atoms with Crippen molar-refractivity contribution in [2.75, 3.05) is 18.0 Å². The quantitative estimate of drug-likeness (QED) is 0.857. The summed E-state index contributed by atoms with van der Waals surface area (Å²) >= 11 is 0. The number of nitrogens with two attached hydrogens (primary N) is 1. The fourth-order valence-corrected chi connectivity index (χ4v) is 4.51. The van der Waals surface area contributed by atoms with Gasteiger partial charge in [-0.2, -0.15) is 0 Å². The van der Waals surface area contributed by atoms with Crippen molar-refractivity contribution in [3.63, 3.8) is 0 Å². The third kappa shape index (κ3) is 3.47. The monoisotopic (exact) mass is 364 g/mol. The van der Waals surface area contributed by atoms with Gasteiger partial charge in [-0.25, -0.2) is 9.97 Å². The van der Waals surface area contributed by atoms with Crippen LogP contribution in [0.5, 0.6) is 0 Å². The van der Waals surface area contributed by atoms with Crippen LogP contribution in [0, 0.1) is 0 Å². The molecule has 0 saturated carbocycles. The normalized spacial score (nSPS) is 21.7. The summed E-state index contributed by atoms with van der Waals surface area (Å²) in [5, 5.41) is 0. The van der Waals surface area contributed by atoms with Gasteiger partial charge in [0.25, 0.3) is 0 Å². The van der Waals surface area contributed by atoms with E-state index in [2.05, 4.69) is 55.8 Å². The first-order valence-electron chi connectivity index (χ1n) is 10.3. The van der Waals surface area contributed by atoms with Crippen molar-refractivity contribution in [3.8, 4) is 11.3 Å². The van der Waals surface area contributed by atoms with Crippen molar-refractivity contribution >= 4 is 5.95 Å². The molecule has 2 aromatic rings. The number of anilines is 1. The van der Waals surface area contributed by atoms with Crippen LogP contribution in [-0.2, 0) is 10.8 Å². The Labute approximate surface area is 163 Å². The molecule has 0 bridgehead atoms. The number of hydrogen-bond donors (Lipinski definition) is 1. The van der Waals surface area contributed by atoms with Crippen LogP contribution >= 0.6 is 0 Å². The molecular weight excluding hydrogens is 332 g/mol. The van der Waals surface area contributed by atoms with Gasteiger partial charge in [-0.3, -0.25) is 0 Å². The third-order valence-corrected chi connectivity index (χ3v) is 6.61. The average Bonchev–Trinajstić information content (AvgIpc) is 2.66. The second kappa shape index (κ2) is 6.59. The van der Waals surface area contributed by atoms with Crippen molar-refractivity contribution in [3.05, 3.63) is 41.6 Å². The van der Waals surface area contributed by atoms with E-state index in [0.717, 1.165) is 37.6 Å². The third-order valence-electron chi connectivity index (χ3n) is 6.61. The van der Waals surface area contributed by atoms with E-state index in [4.69, 9.17) is 10.7 Å². The highest BCUT2D eigenvalue weighted by Gasteiger charge is 2.37. The maximum Gasteiger partial charge on any atom is 0.225 e. The van der Waals surface area contributed by atoms with Gasteiger partial charge in [0.1, 0.15) is 0 Å². The maximum atomic E-state index is 6.04. The van der Waals surface area contributed by atoms with Crippen molar-refractivity contribution in [1.29, 1.82) is 0 Å². The molecule has 0 radical (unpaired) electrons. The smallest absolute Gasteiger partial charge is 0.225 e. The summed E-state index contributed by atoms with van der Waals surface area (Å²) in [4.78, 5) is 11.7. The number of benzene rings is 1. The Hall–Kier alpha value is -1.94. The SMILES string of the molecule is CC1(C)CCC(C)(C)c2cc(-c3ccnc(N4CCC(N)CC4)n3)ccc21. The summed E-state index contributed by atoms with van der Waals surface area (Å²) in [7, 11) is 0. The molecule has 4 heteroatoms. The number of piperidine rings is 1. The summed E-state index contributed by atoms with van der Waals surface area (Å²) in [6.07, 6.45) is 6.37. The number of aromatic nitrogens is 2. The minimum absolute atomic E-state index is 0.208. The van der Waals surface area contributed by atoms with Crippen LogP contribution in [-0.4, -0.2) is 29.1 Å². The molecule has 0 spiro atoms. The van der Waals surface area contributed by atoms with Gasteiger partial charge >= 0.3 is 0 Å². The zero-order chi connectivity index (χ0) is 19.2. The summed E-state index contributed by atoms with van der Waals surface area (Å²) in [6, 6.07) is 9.28. The molecule has 2 heterocycles.